The van der Waals surface area contributed by atoms with Crippen LogP contribution < -0.4 is 20.5 Å². The maximum Gasteiger partial charge on any atom is 0.322 e. The molecule has 0 atom stereocenters. The van der Waals surface area contributed by atoms with Crippen LogP contribution in [0.4, 0.5) is 25.0 Å². The van der Waals surface area contributed by atoms with E-state index >= 15 is 0 Å². The molecule has 0 spiro atoms. The van der Waals surface area contributed by atoms with Gasteiger partial charge < -0.3 is 20.7 Å². The van der Waals surface area contributed by atoms with Crippen LogP contribution in [0.5, 0.6) is 11.6 Å². The smallest absolute Gasteiger partial charge is 0.322 e. The van der Waals surface area contributed by atoms with Crippen LogP contribution in [0.25, 0.3) is 0 Å². The lowest BCUT2D eigenvalue weighted by Crippen LogP contribution is -2.49. The van der Waals surface area contributed by atoms with Crippen LogP contribution in [0.2, 0.25) is 0 Å². The van der Waals surface area contributed by atoms with Crippen LogP contribution in [0.3, 0.4) is 0 Å². The number of nitrogens with one attached hydrogen (secondary N) is 2. The summed E-state index contributed by atoms with van der Waals surface area (Å²) in [5.41, 5.74) is 5.67. The summed E-state index contributed by atoms with van der Waals surface area (Å²) in [7, 11) is -3.37. The summed E-state index contributed by atoms with van der Waals surface area (Å²) in [5, 5.41) is 2.43. The number of nitrogens with two attached hydrogens (primary N) is 1. The molecule has 0 radical (unpaired) electrons. The number of ether oxygens (including phenoxy) is 1. The number of rotatable bonds is 10. The Bertz CT molecular complexity index is 1670. The first-order valence-electron chi connectivity index (χ1n) is 13.6. The van der Waals surface area contributed by atoms with E-state index < -0.39 is 39.2 Å². The van der Waals surface area contributed by atoms with Crippen LogP contribution in [-0.4, -0.2) is 67.1 Å². The lowest BCUT2D eigenvalue weighted by molar-refractivity contribution is 0.0996. The number of aromatic nitrogens is 1. The second kappa shape index (κ2) is 14.2. The molecule has 1 aliphatic heterocycles. The second-order valence-corrected chi connectivity index (χ2v) is 11.9. The minimum absolute atomic E-state index is 0.112. The maximum absolute atomic E-state index is 14.4. The lowest BCUT2D eigenvalue weighted by Gasteiger charge is -2.37. The Morgan fingerprint density at radius 3 is 2.41 bits per heavy atom. The normalized spacial score (nSPS) is 13.8. The highest BCUT2D eigenvalue weighted by Gasteiger charge is 2.28. The van der Waals surface area contributed by atoms with E-state index in [2.05, 4.69) is 31.8 Å². The quantitative estimate of drug-likeness (QED) is 0.287. The number of anilines is 2. The van der Waals surface area contributed by atoms with Gasteiger partial charge in [-0.25, -0.2) is 27.0 Å². The fourth-order valence-electron chi connectivity index (χ4n) is 4.69. The highest BCUT2D eigenvalue weighted by Crippen LogP contribution is 2.25. The van der Waals surface area contributed by atoms with E-state index in [0.717, 1.165) is 17.9 Å². The molecule has 1 aliphatic rings. The van der Waals surface area contributed by atoms with Gasteiger partial charge in [-0.1, -0.05) is 12.0 Å². The van der Waals surface area contributed by atoms with Gasteiger partial charge in [0.05, 0.1) is 24.1 Å². The molecule has 4 N–H and O–H groups in total. The molecule has 1 fully saturated rings. The summed E-state index contributed by atoms with van der Waals surface area (Å²) in [4.78, 5) is 32.7. The molecule has 11 nitrogen and oxygen atoms in total. The van der Waals surface area contributed by atoms with Gasteiger partial charge in [-0.15, -0.1) is 5.92 Å². The van der Waals surface area contributed by atoms with Crippen molar-refractivity contribution in [3.05, 3.63) is 77.5 Å². The zero-order chi connectivity index (χ0) is 31.9. The highest BCUT2D eigenvalue weighted by atomic mass is 32.2. The van der Waals surface area contributed by atoms with Crippen molar-refractivity contribution >= 4 is 33.3 Å². The Morgan fingerprint density at radius 1 is 1.11 bits per heavy atom. The predicted molar refractivity (Wildman–Crippen MR) is 162 cm³/mol. The summed E-state index contributed by atoms with van der Waals surface area (Å²) in [6, 6.07) is 10.7. The van der Waals surface area contributed by atoms with Gasteiger partial charge in [0.15, 0.2) is 0 Å². The van der Waals surface area contributed by atoms with E-state index in [-0.39, 0.29) is 18.3 Å². The number of benzene rings is 2. The highest BCUT2D eigenvalue weighted by molar-refractivity contribution is 7.92. The van der Waals surface area contributed by atoms with Crippen LogP contribution in [-0.2, 0) is 16.6 Å². The molecule has 0 saturated carbocycles. The standard InChI is InChI=1S/C30H32F2N6O5S/c1-3-4-13-38(30(40)35-27-16-24(29(33)39)25(31)17-26(27)32)22-11-14-37(15-12-22)19-20-5-10-28(34-18-20)43-23-8-6-21(7-9-23)36-44(2,41)42/h5-10,16-18,22,36H,11-15,19H2,1-2H3,(H2,33,39)(H,35,40). The Hall–Kier alpha value is -4.74. The number of carbonyl (C=O) groups is 2. The number of piperidine rings is 1. The summed E-state index contributed by atoms with van der Waals surface area (Å²) >= 11 is 0. The fourth-order valence-corrected chi connectivity index (χ4v) is 5.25. The molecule has 232 valence electrons. The lowest BCUT2D eigenvalue weighted by atomic mass is 10.0. The third-order valence-corrected chi connectivity index (χ3v) is 7.44. The minimum Gasteiger partial charge on any atom is -0.439 e. The Kier molecular flexibility index (Phi) is 10.4. The van der Waals surface area contributed by atoms with E-state index in [1.165, 1.54) is 4.90 Å². The summed E-state index contributed by atoms with van der Waals surface area (Å²) in [6.07, 6.45) is 4.06. The van der Waals surface area contributed by atoms with Crippen LogP contribution >= 0.6 is 0 Å². The van der Waals surface area contributed by atoms with Crippen molar-refractivity contribution in [1.82, 2.24) is 14.8 Å². The van der Waals surface area contributed by atoms with Gasteiger partial charge in [0.2, 0.25) is 15.9 Å². The monoisotopic (exact) mass is 626 g/mol. The van der Waals surface area contributed by atoms with Crippen LogP contribution in [0.1, 0.15) is 35.7 Å². The number of sulfonamides is 1. The van der Waals surface area contributed by atoms with Crippen molar-refractivity contribution in [3.63, 3.8) is 0 Å². The zero-order valence-electron chi connectivity index (χ0n) is 24.1. The minimum atomic E-state index is -3.37. The number of pyridine rings is 1. The van der Waals surface area contributed by atoms with Gasteiger partial charge in [-0.2, -0.15) is 0 Å². The van der Waals surface area contributed by atoms with Gasteiger partial charge in [-0.3, -0.25) is 14.4 Å². The molecule has 2 heterocycles. The van der Waals surface area contributed by atoms with Crippen molar-refractivity contribution in [1.29, 1.82) is 0 Å². The Balaban J connectivity index is 1.32. The first-order chi connectivity index (χ1) is 20.9. The van der Waals surface area contributed by atoms with Crippen molar-refractivity contribution < 1.29 is 31.5 Å². The van der Waals surface area contributed by atoms with E-state index in [1.807, 2.05) is 6.07 Å². The molecule has 0 unspecified atom stereocenters. The number of hydrogen-bond donors (Lipinski definition) is 3. The number of carbonyl (C=O) groups excluding carboxylic acids is 2. The first kappa shape index (κ1) is 32.2. The summed E-state index contributed by atoms with van der Waals surface area (Å²) in [6.45, 7) is 3.75. The molecule has 1 saturated heterocycles. The third-order valence-electron chi connectivity index (χ3n) is 6.83. The van der Waals surface area contributed by atoms with Crippen molar-refractivity contribution in [3.8, 4) is 23.5 Å². The average molecular weight is 627 g/mol. The van der Waals surface area contributed by atoms with Crippen LogP contribution in [0, 0.1) is 23.5 Å². The fraction of sp³-hybridized carbons (Fsp3) is 0.300. The molecule has 0 bridgehead atoms. The molecular formula is C30H32F2N6O5S. The van der Waals surface area contributed by atoms with Crippen molar-refractivity contribution in [2.24, 2.45) is 5.73 Å². The summed E-state index contributed by atoms with van der Waals surface area (Å²) in [5.74, 6) is 3.32. The number of likely N-dealkylation sites (tertiary alicyclic amines) is 1. The molecule has 14 heteroatoms. The van der Waals surface area contributed by atoms with Gasteiger partial charge in [-0.05, 0) is 55.7 Å². The third kappa shape index (κ3) is 8.88. The maximum atomic E-state index is 14.4. The zero-order valence-corrected chi connectivity index (χ0v) is 25.0. The molecule has 44 heavy (non-hydrogen) atoms. The van der Waals surface area contributed by atoms with E-state index in [0.29, 0.717) is 55.9 Å². The number of hydrogen-bond acceptors (Lipinski definition) is 7. The molecular weight excluding hydrogens is 594 g/mol. The summed E-state index contributed by atoms with van der Waals surface area (Å²) < 4.78 is 59.1. The SMILES string of the molecule is CC#CCN(C(=O)Nc1cc(C(N)=O)c(F)cc1F)C1CCN(Cc2ccc(Oc3ccc(NS(C)(=O)=O)cc3)nc2)CC1. The van der Waals surface area contributed by atoms with Crippen molar-refractivity contribution in [2.75, 3.05) is 35.9 Å². The topological polar surface area (TPSA) is 147 Å². The van der Waals surface area contributed by atoms with E-state index in [4.69, 9.17) is 10.5 Å². The number of urea groups is 1. The predicted octanol–water partition coefficient (Wildman–Crippen LogP) is 4.14. The van der Waals surface area contributed by atoms with E-state index in [1.54, 1.807) is 43.5 Å². The molecule has 2 aromatic carbocycles. The largest absolute Gasteiger partial charge is 0.439 e. The number of amides is 3. The van der Waals surface area contributed by atoms with Gasteiger partial charge in [0.1, 0.15) is 17.4 Å². The number of halogens is 2. The average Bonchev–Trinajstić information content (AvgIpc) is 2.96. The van der Waals surface area contributed by atoms with Gasteiger partial charge >= 0.3 is 6.03 Å². The van der Waals surface area contributed by atoms with Gasteiger partial charge in [0.25, 0.3) is 5.91 Å². The molecule has 0 aliphatic carbocycles. The number of nitrogens with zero attached hydrogens (tertiary/aromatic N) is 3. The van der Waals surface area contributed by atoms with Crippen LogP contribution in [0.15, 0.2) is 54.7 Å². The molecule has 4 rings (SSSR count). The Labute approximate surface area is 254 Å². The number of primary amides is 1. The molecule has 3 aromatic rings. The molecule has 3 amide bonds. The molecule has 1 aromatic heterocycles. The Morgan fingerprint density at radius 2 is 1.82 bits per heavy atom. The van der Waals surface area contributed by atoms with Gasteiger partial charge in [0, 0.05) is 49.7 Å². The first-order valence-corrected chi connectivity index (χ1v) is 15.5. The second-order valence-electron chi connectivity index (χ2n) is 10.2. The van der Waals surface area contributed by atoms with E-state index in [9.17, 15) is 26.8 Å². The van der Waals surface area contributed by atoms with Crippen molar-refractivity contribution in [2.45, 2.75) is 32.4 Å².